The molecule has 0 aliphatic rings. The van der Waals surface area contributed by atoms with Crippen LogP contribution in [0.4, 0.5) is 0 Å². The van der Waals surface area contributed by atoms with Crippen LogP contribution in [0.25, 0.3) is 11.0 Å². The molecular weight excluding hydrogens is 454 g/mol. The topological polar surface area (TPSA) is 30.2 Å². The molecule has 3 aromatic rings. The summed E-state index contributed by atoms with van der Waals surface area (Å²) < 4.78 is 7.35. The maximum Gasteiger partial charge on any atom is 0.229 e. The van der Waals surface area contributed by atoms with E-state index in [0.29, 0.717) is 21.9 Å². The lowest BCUT2D eigenvalue weighted by Crippen LogP contribution is -2.02. The zero-order valence-corrected chi connectivity index (χ0v) is 14.5. The third-order valence-electron chi connectivity index (χ3n) is 2.88. The van der Waals surface area contributed by atoms with Crippen LogP contribution in [0.5, 0.6) is 0 Å². The fourth-order valence-electron chi connectivity index (χ4n) is 1.93. The van der Waals surface area contributed by atoms with Gasteiger partial charge in [0, 0.05) is 24.0 Å². The molecule has 0 N–H and O–H groups in total. The largest absolute Gasteiger partial charge is 0.453 e. The Morgan fingerprint density at radius 1 is 1.15 bits per heavy atom. The Bertz CT molecular complexity index is 826. The maximum absolute atomic E-state index is 12.5. The first-order chi connectivity index (χ1) is 9.54. The van der Waals surface area contributed by atoms with Gasteiger partial charge >= 0.3 is 0 Å². The summed E-state index contributed by atoms with van der Waals surface area (Å²) in [4.78, 5) is 12.5. The molecule has 2 nitrogen and oxygen atoms in total. The highest BCUT2D eigenvalue weighted by Crippen LogP contribution is 2.26. The minimum Gasteiger partial charge on any atom is -0.453 e. The summed E-state index contributed by atoms with van der Waals surface area (Å²) in [6.07, 6.45) is 0. The van der Waals surface area contributed by atoms with Gasteiger partial charge in [0.05, 0.1) is 0 Å². The number of fused-ring (bicyclic) bond motifs is 1. The molecule has 0 unspecified atom stereocenters. The van der Waals surface area contributed by atoms with Crippen molar-refractivity contribution in [3.05, 3.63) is 66.9 Å². The Hall–Kier alpha value is -0.850. The predicted molar refractivity (Wildman–Crippen MR) is 91.5 cm³/mol. The highest BCUT2D eigenvalue weighted by atomic mass is 127. The molecule has 0 aliphatic carbocycles. The third-order valence-corrected chi connectivity index (χ3v) is 4.54. The van der Waals surface area contributed by atoms with E-state index in [-0.39, 0.29) is 5.78 Å². The van der Waals surface area contributed by atoms with Gasteiger partial charge in [-0.25, -0.2) is 0 Å². The Morgan fingerprint density at radius 3 is 2.75 bits per heavy atom. The van der Waals surface area contributed by atoms with Crippen molar-refractivity contribution in [1.29, 1.82) is 0 Å². The van der Waals surface area contributed by atoms with Crippen molar-refractivity contribution < 1.29 is 9.21 Å². The SMILES string of the molecule is O=C(c1cc2cc(Cl)ccc2o1)c1cc(Br)ccc1I. The molecule has 0 saturated carbocycles. The molecular formula is C15H7BrClIO2. The van der Waals surface area contributed by atoms with Crippen LogP contribution in [0.1, 0.15) is 16.1 Å². The second kappa shape index (κ2) is 5.50. The molecule has 0 amide bonds. The number of rotatable bonds is 2. The number of hydrogen-bond donors (Lipinski definition) is 0. The Balaban J connectivity index is 2.10. The molecule has 0 aliphatic heterocycles. The normalized spacial score (nSPS) is 10.9. The molecule has 0 saturated heterocycles. The van der Waals surface area contributed by atoms with E-state index in [9.17, 15) is 4.79 Å². The number of carbonyl (C=O) groups excluding carboxylic acids is 1. The van der Waals surface area contributed by atoms with Crippen LogP contribution >= 0.6 is 50.1 Å². The van der Waals surface area contributed by atoms with E-state index in [1.54, 1.807) is 30.3 Å². The van der Waals surface area contributed by atoms with Crippen molar-refractivity contribution in [2.75, 3.05) is 0 Å². The summed E-state index contributed by atoms with van der Waals surface area (Å²) in [5.41, 5.74) is 1.27. The second-order valence-electron chi connectivity index (χ2n) is 4.25. The molecule has 0 atom stereocenters. The Morgan fingerprint density at radius 2 is 1.95 bits per heavy atom. The van der Waals surface area contributed by atoms with Gasteiger partial charge in [0.25, 0.3) is 0 Å². The van der Waals surface area contributed by atoms with Crippen LogP contribution < -0.4 is 0 Å². The van der Waals surface area contributed by atoms with Crippen molar-refractivity contribution in [2.24, 2.45) is 0 Å². The van der Waals surface area contributed by atoms with E-state index in [4.69, 9.17) is 16.0 Å². The average Bonchev–Trinajstić information content (AvgIpc) is 2.83. The number of benzene rings is 2. The van der Waals surface area contributed by atoms with Gasteiger partial charge in [0.15, 0.2) is 5.76 Å². The van der Waals surface area contributed by atoms with E-state index in [1.165, 1.54) is 0 Å². The van der Waals surface area contributed by atoms with Crippen LogP contribution in [-0.2, 0) is 0 Å². The lowest BCUT2D eigenvalue weighted by molar-refractivity contribution is 0.101. The first kappa shape index (κ1) is 14.1. The average molecular weight is 461 g/mol. The third kappa shape index (κ3) is 2.64. The Labute approximate surface area is 142 Å². The van der Waals surface area contributed by atoms with E-state index in [2.05, 4.69) is 38.5 Å². The van der Waals surface area contributed by atoms with Crippen molar-refractivity contribution in [3.8, 4) is 0 Å². The molecule has 5 heteroatoms. The van der Waals surface area contributed by atoms with Gasteiger partial charge in [0.1, 0.15) is 5.58 Å². The first-order valence-corrected chi connectivity index (χ1v) is 7.98. The molecule has 3 rings (SSSR count). The van der Waals surface area contributed by atoms with E-state index in [0.717, 1.165) is 13.4 Å². The molecule has 0 fully saturated rings. The minimum atomic E-state index is -0.136. The zero-order chi connectivity index (χ0) is 14.3. The highest BCUT2D eigenvalue weighted by Gasteiger charge is 2.17. The second-order valence-corrected chi connectivity index (χ2v) is 6.76. The Kier molecular flexibility index (Phi) is 3.88. The number of furan rings is 1. The zero-order valence-electron chi connectivity index (χ0n) is 9.99. The first-order valence-electron chi connectivity index (χ1n) is 5.73. The van der Waals surface area contributed by atoms with Crippen LogP contribution in [0.15, 0.2) is 51.4 Å². The number of halogens is 3. The summed E-state index contributed by atoms with van der Waals surface area (Å²) in [5, 5.41) is 1.44. The molecule has 0 bridgehead atoms. The fraction of sp³-hybridized carbons (Fsp3) is 0. The highest BCUT2D eigenvalue weighted by molar-refractivity contribution is 14.1. The van der Waals surface area contributed by atoms with Crippen LogP contribution in [0, 0.1) is 3.57 Å². The van der Waals surface area contributed by atoms with Gasteiger partial charge in [-0.3, -0.25) is 4.79 Å². The molecule has 0 spiro atoms. The lowest BCUT2D eigenvalue weighted by atomic mass is 10.1. The summed E-state index contributed by atoms with van der Waals surface area (Å²) in [5.74, 6) is 0.182. The maximum atomic E-state index is 12.5. The van der Waals surface area contributed by atoms with Gasteiger partial charge in [0.2, 0.25) is 5.78 Å². The quantitative estimate of drug-likeness (QED) is 0.363. The monoisotopic (exact) mass is 460 g/mol. The fourth-order valence-corrected chi connectivity index (χ4v) is 3.05. The van der Waals surface area contributed by atoms with E-state index >= 15 is 0 Å². The number of carbonyl (C=O) groups is 1. The summed E-state index contributed by atoms with van der Waals surface area (Å²) in [6, 6.07) is 12.6. The summed E-state index contributed by atoms with van der Waals surface area (Å²) >= 11 is 11.5. The minimum absolute atomic E-state index is 0.136. The van der Waals surface area contributed by atoms with Gasteiger partial charge in [-0.1, -0.05) is 27.5 Å². The van der Waals surface area contributed by atoms with E-state index < -0.39 is 0 Å². The molecule has 0 radical (unpaired) electrons. The molecule has 100 valence electrons. The standard InChI is InChI=1S/C15H7BrClIO2/c16-9-1-3-12(18)11(7-9)15(19)14-6-8-5-10(17)2-4-13(8)20-14/h1-7H. The van der Waals surface area contributed by atoms with Crippen molar-refractivity contribution in [1.82, 2.24) is 0 Å². The molecule has 2 aromatic carbocycles. The van der Waals surface area contributed by atoms with Crippen molar-refractivity contribution in [3.63, 3.8) is 0 Å². The summed E-state index contributed by atoms with van der Waals surface area (Å²) in [7, 11) is 0. The van der Waals surface area contributed by atoms with Gasteiger partial charge in [-0.15, -0.1) is 0 Å². The number of hydrogen-bond acceptors (Lipinski definition) is 2. The van der Waals surface area contributed by atoms with Gasteiger partial charge < -0.3 is 4.42 Å². The smallest absolute Gasteiger partial charge is 0.229 e. The summed E-state index contributed by atoms with van der Waals surface area (Å²) in [6.45, 7) is 0. The lowest BCUT2D eigenvalue weighted by Gasteiger charge is -2.01. The molecule has 1 heterocycles. The number of ketones is 1. The van der Waals surface area contributed by atoms with E-state index in [1.807, 2.05) is 12.1 Å². The predicted octanol–water partition coefficient (Wildman–Crippen LogP) is 5.68. The van der Waals surface area contributed by atoms with Gasteiger partial charge in [-0.05, 0) is 65.1 Å². The van der Waals surface area contributed by atoms with Crippen LogP contribution in [0.2, 0.25) is 5.02 Å². The van der Waals surface area contributed by atoms with Crippen LogP contribution in [-0.4, -0.2) is 5.78 Å². The molecule has 1 aromatic heterocycles. The van der Waals surface area contributed by atoms with Crippen molar-refractivity contribution in [2.45, 2.75) is 0 Å². The molecule has 20 heavy (non-hydrogen) atoms. The van der Waals surface area contributed by atoms with Crippen LogP contribution in [0.3, 0.4) is 0 Å². The van der Waals surface area contributed by atoms with Gasteiger partial charge in [-0.2, -0.15) is 0 Å². The van der Waals surface area contributed by atoms with Crippen molar-refractivity contribution >= 4 is 66.9 Å².